The second-order valence-corrected chi connectivity index (χ2v) is 3.83. The summed E-state index contributed by atoms with van der Waals surface area (Å²) in [6, 6.07) is 6.24. The van der Waals surface area contributed by atoms with E-state index >= 15 is 0 Å². The quantitative estimate of drug-likeness (QED) is 0.829. The number of aliphatic carboxylic acids is 1. The summed E-state index contributed by atoms with van der Waals surface area (Å²) in [6.45, 7) is 1.43. The van der Waals surface area contributed by atoms with Crippen LogP contribution in [0.5, 0.6) is 11.5 Å². The molecule has 1 aromatic rings. The Morgan fingerprint density at radius 3 is 2.47 bits per heavy atom. The van der Waals surface area contributed by atoms with E-state index in [2.05, 4.69) is 5.73 Å². The van der Waals surface area contributed by atoms with Crippen molar-refractivity contribution in [3.05, 3.63) is 53.7 Å². The highest BCUT2D eigenvalue weighted by Gasteiger charge is 2.13. The van der Waals surface area contributed by atoms with Gasteiger partial charge >= 0.3 is 5.97 Å². The minimum atomic E-state index is -1.05. The molecule has 0 saturated heterocycles. The van der Waals surface area contributed by atoms with Crippen molar-refractivity contribution in [1.82, 2.24) is 0 Å². The summed E-state index contributed by atoms with van der Waals surface area (Å²) in [6.07, 6.45) is 1.96. The van der Waals surface area contributed by atoms with Crippen LogP contribution < -0.4 is 9.47 Å². The molecule has 5 heteroatoms. The van der Waals surface area contributed by atoms with Crippen molar-refractivity contribution in [2.24, 2.45) is 0 Å². The van der Waals surface area contributed by atoms with E-state index in [1.165, 1.54) is 19.1 Å². The lowest BCUT2D eigenvalue weighted by molar-refractivity contribution is -0.144. The van der Waals surface area contributed by atoms with Gasteiger partial charge in [0, 0.05) is 0 Å². The number of carboxylic acids is 1. The Bertz CT molecular complexity index is 580. The lowest BCUT2D eigenvalue weighted by Crippen LogP contribution is -2.22. The summed E-state index contributed by atoms with van der Waals surface area (Å²) in [5, 5.41) is 8.70. The van der Waals surface area contributed by atoms with Gasteiger partial charge in [-0.3, -0.25) is 0 Å². The molecule has 1 unspecified atom stereocenters. The Kier molecular flexibility index (Phi) is 3.68. The van der Waals surface area contributed by atoms with Crippen LogP contribution in [0.1, 0.15) is 6.92 Å². The van der Waals surface area contributed by atoms with Crippen LogP contribution in [0.4, 0.5) is 4.39 Å². The molecule has 2 rings (SSSR count). The molecular weight excluding hydrogens is 251 g/mol. The van der Waals surface area contributed by atoms with E-state index in [0.29, 0.717) is 11.5 Å². The molecule has 0 bridgehead atoms. The fourth-order valence-electron chi connectivity index (χ4n) is 1.38. The SMILES string of the molecule is CC(Oc1ccc(OC2=CC=C=C2F)cc1)C(=O)O. The van der Waals surface area contributed by atoms with Gasteiger partial charge in [-0.1, -0.05) is 5.73 Å². The average molecular weight is 262 g/mol. The predicted molar refractivity (Wildman–Crippen MR) is 65.6 cm³/mol. The smallest absolute Gasteiger partial charge is 0.344 e. The van der Waals surface area contributed by atoms with E-state index in [1.54, 1.807) is 24.3 Å². The molecular formula is C14H11FO4. The van der Waals surface area contributed by atoms with E-state index < -0.39 is 17.9 Å². The van der Waals surface area contributed by atoms with E-state index in [-0.39, 0.29) is 5.76 Å². The molecule has 98 valence electrons. The van der Waals surface area contributed by atoms with Gasteiger partial charge in [0.05, 0.1) is 0 Å². The monoisotopic (exact) mass is 262 g/mol. The first-order valence-corrected chi connectivity index (χ1v) is 5.56. The third kappa shape index (κ3) is 3.24. The van der Waals surface area contributed by atoms with Crippen LogP contribution in [0, 0.1) is 0 Å². The van der Waals surface area contributed by atoms with Crippen molar-refractivity contribution in [1.29, 1.82) is 0 Å². The maximum Gasteiger partial charge on any atom is 0.344 e. The minimum Gasteiger partial charge on any atom is -0.479 e. The lowest BCUT2D eigenvalue weighted by Gasteiger charge is -2.11. The van der Waals surface area contributed by atoms with Crippen LogP contribution in [0.25, 0.3) is 0 Å². The Morgan fingerprint density at radius 1 is 1.32 bits per heavy atom. The van der Waals surface area contributed by atoms with Gasteiger partial charge in [0.25, 0.3) is 0 Å². The zero-order chi connectivity index (χ0) is 13.8. The first-order valence-electron chi connectivity index (χ1n) is 5.56. The molecule has 1 aromatic carbocycles. The van der Waals surface area contributed by atoms with Crippen LogP contribution in [0.15, 0.2) is 53.7 Å². The molecule has 0 amide bonds. The van der Waals surface area contributed by atoms with Crippen LogP contribution in [-0.4, -0.2) is 17.2 Å². The number of hydrogen-bond donors (Lipinski definition) is 1. The fraction of sp³-hybridized carbons (Fsp3) is 0.143. The van der Waals surface area contributed by atoms with E-state index in [0.717, 1.165) is 0 Å². The topological polar surface area (TPSA) is 55.8 Å². The van der Waals surface area contributed by atoms with Crippen LogP contribution in [-0.2, 0) is 4.79 Å². The zero-order valence-corrected chi connectivity index (χ0v) is 10.1. The number of allylic oxidation sites excluding steroid dienone is 2. The van der Waals surface area contributed by atoms with Crippen molar-refractivity contribution >= 4 is 5.97 Å². The van der Waals surface area contributed by atoms with Gasteiger partial charge in [-0.05, 0) is 43.3 Å². The van der Waals surface area contributed by atoms with Gasteiger partial charge in [0.2, 0.25) is 5.83 Å². The lowest BCUT2D eigenvalue weighted by atomic mass is 10.3. The molecule has 1 aliphatic rings. The Hall–Kier alpha value is -2.52. The van der Waals surface area contributed by atoms with Crippen molar-refractivity contribution in [2.75, 3.05) is 0 Å². The van der Waals surface area contributed by atoms with Crippen LogP contribution >= 0.6 is 0 Å². The summed E-state index contributed by atoms with van der Waals surface area (Å²) >= 11 is 0. The van der Waals surface area contributed by atoms with Gasteiger partial charge in [0.15, 0.2) is 11.9 Å². The number of rotatable bonds is 5. The van der Waals surface area contributed by atoms with E-state index in [9.17, 15) is 9.18 Å². The van der Waals surface area contributed by atoms with Gasteiger partial charge < -0.3 is 14.6 Å². The average Bonchev–Trinajstić information content (AvgIpc) is 2.77. The number of carboxylic acid groups (broad SMARTS) is 1. The predicted octanol–water partition coefficient (Wildman–Crippen LogP) is 2.82. The van der Waals surface area contributed by atoms with Gasteiger partial charge in [-0.15, -0.1) is 0 Å². The summed E-state index contributed by atoms with van der Waals surface area (Å²) in [7, 11) is 0. The molecule has 1 N–H and O–H groups in total. The third-order valence-corrected chi connectivity index (χ3v) is 2.37. The third-order valence-electron chi connectivity index (χ3n) is 2.37. The maximum atomic E-state index is 13.1. The normalized spacial score (nSPS) is 14.6. The maximum absolute atomic E-state index is 13.1. The summed E-state index contributed by atoms with van der Waals surface area (Å²) < 4.78 is 23.5. The van der Waals surface area contributed by atoms with Crippen molar-refractivity contribution < 1.29 is 23.8 Å². The highest BCUT2D eigenvalue weighted by molar-refractivity contribution is 5.72. The van der Waals surface area contributed by atoms with Gasteiger partial charge in [-0.2, -0.15) is 4.39 Å². The molecule has 0 aromatic heterocycles. The Balaban J connectivity index is 1.99. The Morgan fingerprint density at radius 2 is 1.95 bits per heavy atom. The van der Waals surface area contributed by atoms with Crippen molar-refractivity contribution in [3.63, 3.8) is 0 Å². The van der Waals surface area contributed by atoms with E-state index in [4.69, 9.17) is 14.6 Å². The largest absolute Gasteiger partial charge is 0.479 e. The van der Waals surface area contributed by atoms with Crippen LogP contribution in [0.3, 0.4) is 0 Å². The fourth-order valence-corrected chi connectivity index (χ4v) is 1.38. The molecule has 19 heavy (non-hydrogen) atoms. The molecule has 0 heterocycles. The molecule has 4 nitrogen and oxygen atoms in total. The molecule has 0 radical (unpaired) electrons. The first-order chi connectivity index (χ1) is 9.06. The summed E-state index contributed by atoms with van der Waals surface area (Å²) in [5.74, 6) is -0.687. The van der Waals surface area contributed by atoms with Gasteiger partial charge in [0.1, 0.15) is 11.5 Å². The van der Waals surface area contributed by atoms with E-state index in [1.807, 2.05) is 0 Å². The number of hydrogen-bond acceptors (Lipinski definition) is 3. The summed E-state index contributed by atoms with van der Waals surface area (Å²) in [5.41, 5.74) is 2.36. The van der Waals surface area contributed by atoms with Gasteiger partial charge in [-0.25, -0.2) is 4.79 Å². The molecule has 0 spiro atoms. The standard InChI is InChI=1S/C14H11FO4/c1-9(14(16)17)18-10-5-7-11(8-6-10)19-13-4-2-3-12(13)15/h2,4-9H,1H3,(H,16,17). The number of halogens is 1. The molecule has 0 saturated carbocycles. The second kappa shape index (κ2) is 5.42. The molecule has 1 atom stereocenters. The molecule has 0 fully saturated rings. The molecule has 0 aliphatic heterocycles. The van der Waals surface area contributed by atoms with Crippen LogP contribution in [0.2, 0.25) is 0 Å². The number of benzene rings is 1. The Labute approximate surface area is 109 Å². The van der Waals surface area contributed by atoms with Crippen molar-refractivity contribution in [3.8, 4) is 11.5 Å². The number of ether oxygens (including phenoxy) is 2. The highest BCUT2D eigenvalue weighted by Crippen LogP contribution is 2.24. The first kappa shape index (κ1) is 12.9. The minimum absolute atomic E-state index is 0.0903. The number of carbonyl (C=O) groups is 1. The molecule has 1 aliphatic carbocycles. The second-order valence-electron chi connectivity index (χ2n) is 3.83. The van der Waals surface area contributed by atoms with Crippen molar-refractivity contribution in [2.45, 2.75) is 13.0 Å². The summed E-state index contributed by atoms with van der Waals surface area (Å²) in [4.78, 5) is 10.6. The zero-order valence-electron chi connectivity index (χ0n) is 10.1. The highest BCUT2D eigenvalue weighted by atomic mass is 19.1.